The number of amides is 1. The van der Waals surface area contributed by atoms with E-state index in [0.717, 1.165) is 0 Å². The molecule has 1 aromatic carbocycles. The second-order valence-corrected chi connectivity index (χ2v) is 4.14. The molecule has 0 radical (unpaired) electrons. The maximum atomic E-state index is 12.1. The van der Waals surface area contributed by atoms with E-state index in [2.05, 4.69) is 0 Å². The van der Waals surface area contributed by atoms with Crippen molar-refractivity contribution in [2.75, 3.05) is 13.1 Å². The Labute approximate surface area is 94.1 Å². The number of rotatable bonds is 1. The fourth-order valence-corrected chi connectivity index (χ4v) is 1.95. The van der Waals surface area contributed by atoms with Crippen LogP contribution in [0.15, 0.2) is 18.2 Å². The van der Waals surface area contributed by atoms with Crippen molar-refractivity contribution in [3.63, 3.8) is 0 Å². The Morgan fingerprint density at radius 3 is 2.88 bits per heavy atom. The van der Waals surface area contributed by atoms with E-state index in [1.165, 1.54) is 0 Å². The predicted molar refractivity (Wildman–Crippen MR) is 59.4 cm³/mol. The lowest BCUT2D eigenvalue weighted by molar-refractivity contribution is 0.0764. The molecule has 0 unspecified atom stereocenters. The maximum absolute atomic E-state index is 12.1. The quantitative estimate of drug-likeness (QED) is 0.741. The smallest absolute Gasteiger partial charge is 0.254 e. The number of aliphatic hydroxyl groups is 1. The van der Waals surface area contributed by atoms with Crippen LogP contribution in [0.2, 0.25) is 0 Å². The Kier molecular flexibility index (Phi) is 2.83. The van der Waals surface area contributed by atoms with E-state index in [4.69, 9.17) is 0 Å². The topological polar surface area (TPSA) is 60.8 Å². The Morgan fingerprint density at radius 1 is 1.50 bits per heavy atom. The van der Waals surface area contributed by atoms with Gasteiger partial charge < -0.3 is 15.1 Å². The van der Waals surface area contributed by atoms with Crippen LogP contribution in [-0.2, 0) is 0 Å². The highest BCUT2D eigenvalue weighted by Crippen LogP contribution is 2.22. The number of phenolic OH excluding ortho intramolecular Hbond substituents is 1. The second kappa shape index (κ2) is 4.14. The van der Waals surface area contributed by atoms with E-state index in [-0.39, 0.29) is 11.7 Å². The van der Waals surface area contributed by atoms with Gasteiger partial charge in [0.1, 0.15) is 5.75 Å². The van der Waals surface area contributed by atoms with E-state index < -0.39 is 6.10 Å². The molecule has 2 rings (SSSR count). The molecule has 1 atom stereocenters. The monoisotopic (exact) mass is 221 g/mol. The lowest BCUT2D eigenvalue weighted by Gasteiger charge is -2.17. The van der Waals surface area contributed by atoms with E-state index in [1.807, 2.05) is 0 Å². The van der Waals surface area contributed by atoms with Crippen LogP contribution in [0.5, 0.6) is 5.75 Å². The van der Waals surface area contributed by atoms with Crippen LogP contribution in [0.3, 0.4) is 0 Å². The zero-order valence-corrected chi connectivity index (χ0v) is 9.18. The number of phenols is 1. The summed E-state index contributed by atoms with van der Waals surface area (Å²) in [6, 6.07) is 4.91. The third-order valence-corrected chi connectivity index (χ3v) is 2.99. The summed E-state index contributed by atoms with van der Waals surface area (Å²) < 4.78 is 0. The van der Waals surface area contributed by atoms with Crippen LogP contribution in [0.25, 0.3) is 0 Å². The number of likely N-dealkylation sites (tertiary alicyclic amines) is 1. The second-order valence-electron chi connectivity index (χ2n) is 4.14. The number of aromatic hydroxyl groups is 1. The molecule has 0 spiro atoms. The molecule has 86 valence electrons. The van der Waals surface area contributed by atoms with Crippen molar-refractivity contribution in [3.05, 3.63) is 29.3 Å². The number of aliphatic hydroxyl groups excluding tert-OH is 1. The van der Waals surface area contributed by atoms with E-state index in [9.17, 15) is 15.0 Å². The molecule has 1 fully saturated rings. The Morgan fingerprint density at radius 2 is 2.25 bits per heavy atom. The average molecular weight is 221 g/mol. The normalized spacial score (nSPS) is 20.1. The molecule has 1 aliphatic heterocycles. The maximum Gasteiger partial charge on any atom is 0.254 e. The molecule has 1 saturated heterocycles. The van der Waals surface area contributed by atoms with Gasteiger partial charge in [0.15, 0.2) is 0 Å². The van der Waals surface area contributed by atoms with Gasteiger partial charge in [-0.1, -0.05) is 6.07 Å². The van der Waals surface area contributed by atoms with Crippen LogP contribution in [-0.4, -0.2) is 40.2 Å². The summed E-state index contributed by atoms with van der Waals surface area (Å²) in [5, 5.41) is 18.9. The summed E-state index contributed by atoms with van der Waals surface area (Å²) in [7, 11) is 0. The molecule has 16 heavy (non-hydrogen) atoms. The van der Waals surface area contributed by atoms with Crippen LogP contribution < -0.4 is 0 Å². The third kappa shape index (κ3) is 1.88. The molecule has 1 aromatic rings. The van der Waals surface area contributed by atoms with E-state index in [0.29, 0.717) is 30.6 Å². The molecule has 2 N–H and O–H groups in total. The van der Waals surface area contributed by atoms with Gasteiger partial charge in [-0.05, 0) is 25.5 Å². The van der Waals surface area contributed by atoms with Crippen molar-refractivity contribution in [3.8, 4) is 5.75 Å². The summed E-state index contributed by atoms with van der Waals surface area (Å²) >= 11 is 0. The highest BCUT2D eigenvalue weighted by atomic mass is 16.3. The minimum absolute atomic E-state index is 0.120. The Balaban J connectivity index is 2.24. The summed E-state index contributed by atoms with van der Waals surface area (Å²) in [5.41, 5.74) is 1.10. The Bertz CT molecular complexity index is 417. The lowest BCUT2D eigenvalue weighted by Crippen LogP contribution is -2.30. The van der Waals surface area contributed by atoms with Gasteiger partial charge in [0, 0.05) is 24.2 Å². The number of hydrogen-bond acceptors (Lipinski definition) is 3. The fraction of sp³-hybridized carbons (Fsp3) is 0.417. The van der Waals surface area contributed by atoms with Gasteiger partial charge in [0.25, 0.3) is 5.91 Å². The van der Waals surface area contributed by atoms with Crippen molar-refractivity contribution in [2.45, 2.75) is 19.4 Å². The van der Waals surface area contributed by atoms with Gasteiger partial charge in [-0.2, -0.15) is 0 Å². The van der Waals surface area contributed by atoms with E-state index >= 15 is 0 Å². The van der Waals surface area contributed by atoms with Gasteiger partial charge >= 0.3 is 0 Å². The predicted octanol–water partition coefficient (Wildman–Crippen LogP) is 0.907. The fourth-order valence-electron chi connectivity index (χ4n) is 1.95. The minimum Gasteiger partial charge on any atom is -0.508 e. The first kappa shape index (κ1) is 11.0. The molecule has 4 heteroatoms. The molecule has 0 bridgehead atoms. The van der Waals surface area contributed by atoms with Gasteiger partial charge in [-0.3, -0.25) is 4.79 Å². The highest BCUT2D eigenvalue weighted by molar-refractivity contribution is 5.96. The molecule has 0 aliphatic carbocycles. The molecule has 1 aliphatic rings. The molecular formula is C12H15NO3. The molecule has 0 saturated carbocycles. The van der Waals surface area contributed by atoms with Gasteiger partial charge in [-0.25, -0.2) is 0 Å². The number of hydrogen-bond donors (Lipinski definition) is 2. The highest BCUT2D eigenvalue weighted by Gasteiger charge is 2.26. The number of carbonyl (C=O) groups is 1. The summed E-state index contributed by atoms with van der Waals surface area (Å²) in [5.74, 6) is 0.00976. The first-order valence-electron chi connectivity index (χ1n) is 5.35. The van der Waals surface area contributed by atoms with Crippen molar-refractivity contribution in [2.24, 2.45) is 0 Å². The average Bonchev–Trinajstić information content (AvgIpc) is 2.68. The van der Waals surface area contributed by atoms with Crippen LogP contribution in [0.4, 0.5) is 0 Å². The molecule has 1 heterocycles. The van der Waals surface area contributed by atoms with Crippen molar-refractivity contribution >= 4 is 5.91 Å². The standard InChI is InChI=1S/C12H15NO3/c1-8-10(3-2-4-11(8)15)12(16)13-6-5-9(14)7-13/h2-4,9,14-15H,5-7H2,1H3/t9-/m1/s1. The van der Waals surface area contributed by atoms with Crippen molar-refractivity contribution in [1.82, 2.24) is 4.90 Å². The zero-order valence-electron chi connectivity index (χ0n) is 9.18. The van der Waals surface area contributed by atoms with Crippen LogP contribution in [0.1, 0.15) is 22.3 Å². The summed E-state index contributed by atoms with van der Waals surface area (Å²) in [4.78, 5) is 13.7. The van der Waals surface area contributed by atoms with Crippen molar-refractivity contribution in [1.29, 1.82) is 0 Å². The number of nitrogens with zero attached hydrogens (tertiary/aromatic N) is 1. The first-order valence-corrected chi connectivity index (χ1v) is 5.35. The minimum atomic E-state index is -0.415. The van der Waals surface area contributed by atoms with Crippen LogP contribution >= 0.6 is 0 Å². The number of β-amino-alcohol motifs (C(OH)–C–C–N with tert-alkyl or cyclic N) is 1. The van der Waals surface area contributed by atoms with Crippen LogP contribution in [0, 0.1) is 6.92 Å². The van der Waals surface area contributed by atoms with Gasteiger partial charge in [-0.15, -0.1) is 0 Å². The third-order valence-electron chi connectivity index (χ3n) is 2.99. The SMILES string of the molecule is Cc1c(O)cccc1C(=O)N1CC[C@@H](O)C1. The number of carbonyl (C=O) groups excluding carboxylic acids is 1. The van der Waals surface area contributed by atoms with Gasteiger partial charge in [0.2, 0.25) is 0 Å². The van der Waals surface area contributed by atoms with E-state index in [1.54, 1.807) is 30.0 Å². The molecule has 0 aromatic heterocycles. The largest absolute Gasteiger partial charge is 0.508 e. The summed E-state index contributed by atoms with van der Waals surface area (Å²) in [6.45, 7) is 2.68. The number of benzene rings is 1. The summed E-state index contributed by atoms with van der Waals surface area (Å²) in [6.07, 6.45) is 0.213. The molecule has 4 nitrogen and oxygen atoms in total. The first-order chi connectivity index (χ1) is 7.59. The zero-order chi connectivity index (χ0) is 11.7. The van der Waals surface area contributed by atoms with Gasteiger partial charge in [0.05, 0.1) is 6.10 Å². The molecule has 1 amide bonds. The molecular weight excluding hydrogens is 206 g/mol. The van der Waals surface area contributed by atoms with Crippen molar-refractivity contribution < 1.29 is 15.0 Å². The lowest BCUT2D eigenvalue weighted by atomic mass is 10.1. The Hall–Kier alpha value is -1.55.